The van der Waals surface area contributed by atoms with Gasteiger partial charge < -0.3 is 10.4 Å². The van der Waals surface area contributed by atoms with E-state index in [0.717, 1.165) is 17.0 Å². The number of alkyl halides is 2. The van der Waals surface area contributed by atoms with Crippen molar-refractivity contribution in [2.45, 2.75) is 50.3 Å². The van der Waals surface area contributed by atoms with Crippen LogP contribution in [0.3, 0.4) is 0 Å². The van der Waals surface area contributed by atoms with Crippen LogP contribution < -0.4 is 15.1 Å². The minimum absolute atomic E-state index is 0.0204. The summed E-state index contributed by atoms with van der Waals surface area (Å²) in [6.07, 6.45) is -2.22. The third kappa shape index (κ3) is 6.98. The number of rotatable bonds is 10. The Hall–Kier alpha value is -4.54. The maximum Gasteiger partial charge on any atom is 0.257 e. The maximum absolute atomic E-state index is 14.6. The zero-order chi connectivity index (χ0) is 32.2. The predicted octanol–water partition coefficient (Wildman–Crippen LogP) is 4.68. The fraction of sp³-hybridized carbons (Fsp3) is 0.300. The van der Waals surface area contributed by atoms with Crippen LogP contribution in [0.5, 0.6) is 0 Å². The number of benzene rings is 2. The maximum atomic E-state index is 14.6. The lowest BCUT2D eigenvalue weighted by Crippen LogP contribution is -2.52. The number of amides is 3. The van der Waals surface area contributed by atoms with Gasteiger partial charge in [0, 0.05) is 48.7 Å². The van der Waals surface area contributed by atoms with E-state index in [2.05, 4.69) is 10.3 Å². The number of pyridine rings is 1. The molecule has 0 bridgehead atoms. The van der Waals surface area contributed by atoms with E-state index in [4.69, 9.17) is 11.6 Å². The van der Waals surface area contributed by atoms with Gasteiger partial charge in [-0.25, -0.2) is 22.5 Å². The molecule has 1 aliphatic rings. The molecule has 3 atom stereocenters. The van der Waals surface area contributed by atoms with Gasteiger partial charge in [-0.2, -0.15) is 5.26 Å². The molecule has 1 aliphatic heterocycles. The normalized spacial score (nSPS) is 17.2. The lowest BCUT2D eigenvalue weighted by molar-refractivity contribution is -0.127. The lowest BCUT2D eigenvalue weighted by Gasteiger charge is -2.35. The number of aliphatic hydroxyl groups is 1. The number of nitriles is 1. The molecular weight excluding hydrogens is 606 g/mol. The minimum atomic E-state index is -3.10. The highest BCUT2D eigenvalue weighted by Crippen LogP contribution is 2.36. The molecule has 3 amide bonds. The van der Waals surface area contributed by atoms with E-state index in [1.165, 1.54) is 49.5 Å². The Morgan fingerprint density at radius 2 is 1.89 bits per heavy atom. The highest BCUT2D eigenvalue weighted by Gasteiger charge is 2.48. The van der Waals surface area contributed by atoms with E-state index in [9.17, 15) is 42.3 Å². The van der Waals surface area contributed by atoms with Crippen molar-refractivity contribution in [2.75, 3.05) is 16.3 Å². The molecule has 1 fully saturated rings. The molecule has 0 radical (unpaired) electrons. The van der Waals surface area contributed by atoms with Gasteiger partial charge in [-0.3, -0.25) is 24.2 Å². The van der Waals surface area contributed by atoms with Crippen LogP contribution in [0.1, 0.15) is 43.4 Å². The average Bonchev–Trinajstić information content (AvgIpc) is 3.29. The van der Waals surface area contributed by atoms with Crippen LogP contribution >= 0.6 is 11.6 Å². The SMILES string of the molecule is CCC(F)(F)CCNC(=O)[C@H](c1ccccc1Cl)N(C(=O)[C@@H]1C[C@@H](O)C(=O)N1c1cc(C#N)ccn1)c1cc(F)cc(F)c1. The molecule has 0 saturated carbocycles. The van der Waals surface area contributed by atoms with Gasteiger partial charge in [0.2, 0.25) is 11.8 Å². The molecule has 44 heavy (non-hydrogen) atoms. The number of hydrogen-bond donors (Lipinski definition) is 2. The van der Waals surface area contributed by atoms with E-state index in [1.54, 1.807) is 0 Å². The fourth-order valence-electron chi connectivity index (χ4n) is 4.81. The standard InChI is InChI=1S/C30H26ClF4N5O4/c1-2-30(34,35)8-10-38-27(42)26(21-5-3-4-6-22(21)31)39(20-13-18(32)12-19(33)14-20)28(43)23-15-24(41)29(44)40(23)25-11-17(16-36)7-9-37-25/h3-7,9,11-14,23-24,26,41H,2,8,10,15H2,1H3,(H,38,42)/t23-,24+,26-/m0/s1. The molecule has 0 unspecified atom stereocenters. The first-order valence-corrected chi connectivity index (χ1v) is 13.8. The molecule has 4 rings (SSSR count). The van der Waals surface area contributed by atoms with Crippen LogP contribution in [0.4, 0.5) is 29.1 Å². The van der Waals surface area contributed by atoms with Crippen molar-refractivity contribution < 1.29 is 37.1 Å². The smallest absolute Gasteiger partial charge is 0.257 e. The summed E-state index contributed by atoms with van der Waals surface area (Å²) in [4.78, 5) is 46.9. The van der Waals surface area contributed by atoms with Gasteiger partial charge in [0.1, 0.15) is 35.6 Å². The Bertz CT molecular complexity index is 1600. The summed E-state index contributed by atoms with van der Waals surface area (Å²) in [6, 6.07) is 8.92. The van der Waals surface area contributed by atoms with Crippen LogP contribution in [0.25, 0.3) is 0 Å². The summed E-state index contributed by atoms with van der Waals surface area (Å²) in [6.45, 7) is 0.759. The van der Waals surface area contributed by atoms with Crippen LogP contribution in [0.15, 0.2) is 60.8 Å². The van der Waals surface area contributed by atoms with Crippen molar-refractivity contribution >= 4 is 40.8 Å². The average molecular weight is 632 g/mol. The van der Waals surface area contributed by atoms with Crippen LogP contribution in [-0.4, -0.2) is 52.4 Å². The van der Waals surface area contributed by atoms with Gasteiger partial charge in [-0.15, -0.1) is 0 Å². The summed E-state index contributed by atoms with van der Waals surface area (Å²) >= 11 is 6.42. The van der Waals surface area contributed by atoms with Crippen molar-refractivity contribution in [3.05, 3.63) is 88.6 Å². The molecule has 2 heterocycles. The Morgan fingerprint density at radius 3 is 2.52 bits per heavy atom. The van der Waals surface area contributed by atoms with Gasteiger partial charge >= 0.3 is 0 Å². The number of nitrogens with one attached hydrogen (secondary N) is 1. The zero-order valence-corrected chi connectivity index (χ0v) is 23.9. The number of hydrogen-bond acceptors (Lipinski definition) is 6. The number of carbonyl (C=O) groups is 3. The summed E-state index contributed by atoms with van der Waals surface area (Å²) in [5, 5.41) is 22.1. The van der Waals surface area contributed by atoms with Crippen molar-refractivity contribution in [3.63, 3.8) is 0 Å². The summed E-state index contributed by atoms with van der Waals surface area (Å²) in [5.41, 5.74) is -0.399. The summed E-state index contributed by atoms with van der Waals surface area (Å²) < 4.78 is 57.0. The molecule has 1 aromatic heterocycles. The second-order valence-corrected chi connectivity index (χ2v) is 10.4. The second-order valence-electron chi connectivity index (χ2n) is 10.0. The highest BCUT2D eigenvalue weighted by atomic mass is 35.5. The van der Waals surface area contributed by atoms with E-state index >= 15 is 0 Å². The topological polar surface area (TPSA) is 127 Å². The zero-order valence-electron chi connectivity index (χ0n) is 23.2. The molecule has 2 N–H and O–H groups in total. The molecule has 2 aromatic carbocycles. The van der Waals surface area contributed by atoms with Gasteiger partial charge in [-0.1, -0.05) is 36.7 Å². The first-order chi connectivity index (χ1) is 20.9. The highest BCUT2D eigenvalue weighted by molar-refractivity contribution is 6.31. The molecule has 14 heteroatoms. The van der Waals surface area contributed by atoms with Crippen molar-refractivity contribution in [2.24, 2.45) is 0 Å². The monoisotopic (exact) mass is 631 g/mol. The van der Waals surface area contributed by atoms with Gasteiger partial charge in [0.15, 0.2) is 0 Å². The number of nitrogens with zero attached hydrogens (tertiary/aromatic N) is 4. The van der Waals surface area contributed by atoms with Gasteiger partial charge in [-0.05, 0) is 30.3 Å². The number of carbonyl (C=O) groups excluding carboxylic acids is 3. The van der Waals surface area contributed by atoms with Crippen molar-refractivity contribution in [1.82, 2.24) is 10.3 Å². The Balaban J connectivity index is 1.87. The second kappa shape index (κ2) is 13.4. The van der Waals surface area contributed by atoms with Gasteiger partial charge in [0.05, 0.1) is 17.3 Å². The van der Waals surface area contributed by atoms with E-state index in [0.29, 0.717) is 11.0 Å². The molecule has 9 nitrogen and oxygen atoms in total. The minimum Gasteiger partial charge on any atom is -0.383 e. The van der Waals surface area contributed by atoms with Crippen molar-refractivity contribution in [3.8, 4) is 6.07 Å². The third-order valence-corrected chi connectivity index (χ3v) is 7.41. The van der Waals surface area contributed by atoms with Crippen LogP contribution in [-0.2, 0) is 14.4 Å². The van der Waals surface area contributed by atoms with E-state index in [-0.39, 0.29) is 22.0 Å². The molecule has 0 aliphatic carbocycles. The van der Waals surface area contributed by atoms with Crippen molar-refractivity contribution in [1.29, 1.82) is 5.26 Å². The molecule has 230 valence electrons. The first kappa shape index (κ1) is 32.4. The Kier molecular flexibility index (Phi) is 9.86. The third-order valence-electron chi connectivity index (χ3n) is 7.06. The predicted molar refractivity (Wildman–Crippen MR) is 152 cm³/mol. The number of aliphatic hydroxyl groups excluding tert-OH is 1. The Morgan fingerprint density at radius 1 is 1.20 bits per heavy atom. The fourth-order valence-corrected chi connectivity index (χ4v) is 5.05. The summed E-state index contributed by atoms with van der Waals surface area (Å²) in [5.74, 6) is -8.53. The van der Waals surface area contributed by atoms with Gasteiger partial charge in [0.25, 0.3) is 11.8 Å². The Labute approximate surface area is 254 Å². The van der Waals surface area contributed by atoms with E-state index < -0.39 is 85.0 Å². The first-order valence-electron chi connectivity index (χ1n) is 13.4. The molecule has 3 aromatic rings. The molecule has 0 spiro atoms. The molecular formula is C30H26ClF4N5O4. The van der Waals surface area contributed by atoms with Crippen LogP contribution in [0.2, 0.25) is 5.02 Å². The number of aromatic nitrogens is 1. The number of halogens is 5. The van der Waals surface area contributed by atoms with Crippen LogP contribution in [0, 0.1) is 23.0 Å². The quantitative estimate of drug-likeness (QED) is 0.313. The number of anilines is 2. The largest absolute Gasteiger partial charge is 0.383 e. The summed E-state index contributed by atoms with van der Waals surface area (Å²) in [7, 11) is 0. The van der Waals surface area contributed by atoms with E-state index in [1.807, 2.05) is 6.07 Å². The molecule has 1 saturated heterocycles. The lowest BCUT2D eigenvalue weighted by atomic mass is 10.0.